The maximum Gasteiger partial charge on any atom is 0.306 e. The zero-order chi connectivity index (χ0) is 30.8. The normalized spacial score (nSPS) is 19.7. The molecule has 0 aromatic heterocycles. The lowest BCUT2D eigenvalue weighted by Gasteiger charge is -2.55. The third-order valence-corrected chi connectivity index (χ3v) is 9.17. The van der Waals surface area contributed by atoms with E-state index in [-0.39, 0.29) is 28.3 Å². The number of ether oxygens (including phenoxy) is 1. The van der Waals surface area contributed by atoms with Crippen LogP contribution in [-0.2, 0) is 31.6 Å². The van der Waals surface area contributed by atoms with Crippen LogP contribution in [0.5, 0.6) is 5.75 Å². The number of nitrogens with zero attached hydrogens (tertiary/aromatic N) is 1. The van der Waals surface area contributed by atoms with Gasteiger partial charge in [-0.15, -0.1) is 0 Å². The number of hydrogen-bond acceptors (Lipinski definition) is 5. The Bertz CT molecular complexity index is 990. The van der Waals surface area contributed by atoms with Crippen LogP contribution < -0.4 is 0 Å². The molecule has 1 saturated heterocycles. The van der Waals surface area contributed by atoms with Crippen LogP contribution in [0.3, 0.4) is 0 Å². The average molecular weight is 560 g/mol. The molecule has 2 unspecified atom stereocenters. The van der Waals surface area contributed by atoms with E-state index in [1.807, 2.05) is 0 Å². The van der Waals surface area contributed by atoms with Gasteiger partial charge in [0.15, 0.2) is 0 Å². The van der Waals surface area contributed by atoms with Crippen molar-refractivity contribution in [3.63, 3.8) is 0 Å². The van der Waals surface area contributed by atoms with E-state index in [2.05, 4.69) is 93.3 Å². The van der Waals surface area contributed by atoms with E-state index in [9.17, 15) is 14.7 Å². The van der Waals surface area contributed by atoms with Gasteiger partial charge in [0.2, 0.25) is 0 Å². The van der Waals surface area contributed by atoms with Crippen LogP contribution in [0.25, 0.3) is 0 Å². The summed E-state index contributed by atoms with van der Waals surface area (Å²) < 4.78 is 5.45. The van der Waals surface area contributed by atoms with Gasteiger partial charge in [0, 0.05) is 11.1 Å². The van der Waals surface area contributed by atoms with Gasteiger partial charge in [0.25, 0.3) is 0 Å². The fraction of sp³-hybridized carbons (Fsp3) is 0.765. The van der Waals surface area contributed by atoms with Gasteiger partial charge in [-0.3, -0.25) is 14.5 Å². The smallest absolute Gasteiger partial charge is 0.306 e. The van der Waals surface area contributed by atoms with Crippen LogP contribution >= 0.6 is 0 Å². The lowest BCUT2D eigenvalue weighted by molar-refractivity contribution is -0.151. The third-order valence-electron chi connectivity index (χ3n) is 9.17. The lowest BCUT2D eigenvalue weighted by atomic mass is 9.67. The molecule has 0 bridgehead atoms. The van der Waals surface area contributed by atoms with Gasteiger partial charge in [-0.1, -0.05) is 60.6 Å². The number of hydrogen-bond donors (Lipinski definition) is 2. The molecule has 1 aliphatic rings. The molecule has 1 aromatic carbocycles. The van der Waals surface area contributed by atoms with Crippen molar-refractivity contribution >= 4 is 11.9 Å². The number of benzene rings is 1. The van der Waals surface area contributed by atoms with Crippen molar-refractivity contribution in [1.29, 1.82) is 0 Å². The number of likely N-dealkylation sites (tertiary alicyclic amines) is 1. The summed E-state index contributed by atoms with van der Waals surface area (Å²) >= 11 is 0. The number of carbonyl (C=O) groups excluding carboxylic acids is 1. The lowest BCUT2D eigenvalue weighted by Crippen LogP contribution is -2.59. The largest absolute Gasteiger partial charge is 0.507 e. The van der Waals surface area contributed by atoms with Crippen molar-refractivity contribution in [3.8, 4) is 5.75 Å². The third kappa shape index (κ3) is 8.71. The van der Waals surface area contributed by atoms with Crippen molar-refractivity contribution in [2.75, 3.05) is 13.7 Å². The molecule has 2 N–H and O–H groups in total. The van der Waals surface area contributed by atoms with E-state index in [4.69, 9.17) is 9.84 Å². The van der Waals surface area contributed by atoms with Gasteiger partial charge in [0.1, 0.15) is 5.75 Å². The van der Waals surface area contributed by atoms with E-state index < -0.39 is 17.9 Å². The molecule has 0 saturated carbocycles. The molecular formula is C34H57NO5. The fourth-order valence-electron chi connectivity index (χ4n) is 6.47. The molecule has 1 heterocycles. The quantitative estimate of drug-likeness (QED) is 0.228. The highest BCUT2D eigenvalue weighted by atomic mass is 16.5. The first kappa shape index (κ1) is 34.1. The van der Waals surface area contributed by atoms with Gasteiger partial charge >= 0.3 is 11.9 Å². The van der Waals surface area contributed by atoms with Gasteiger partial charge in [-0.05, 0) is 106 Å². The minimum absolute atomic E-state index is 0.0617. The summed E-state index contributed by atoms with van der Waals surface area (Å²) in [4.78, 5) is 25.8. The molecule has 228 valence electrons. The molecule has 6 nitrogen and oxygen atoms in total. The topological polar surface area (TPSA) is 87.1 Å². The second kappa shape index (κ2) is 12.4. The Labute approximate surface area is 243 Å². The Balaban J connectivity index is 2.37. The first-order valence-corrected chi connectivity index (χ1v) is 15.1. The van der Waals surface area contributed by atoms with E-state index >= 15 is 0 Å². The Morgan fingerprint density at radius 1 is 1.00 bits per heavy atom. The summed E-state index contributed by atoms with van der Waals surface area (Å²) in [5.41, 5.74) is 2.97. The zero-order valence-corrected chi connectivity index (χ0v) is 27.4. The molecule has 0 aliphatic carbocycles. The van der Waals surface area contributed by atoms with Crippen LogP contribution in [0.15, 0.2) is 12.1 Å². The SMILES string of the molecule is CC(CC(=O)OCCCC(Cc1cc(C(C)(C)C)c(O)c(C(C)(C)C)c1)C1CC(C)(C)N(C)C(C)(C)C1)C(=O)O. The Morgan fingerprint density at radius 2 is 1.48 bits per heavy atom. The average Bonchev–Trinajstić information content (AvgIpc) is 2.78. The van der Waals surface area contributed by atoms with Crippen LogP contribution in [-0.4, -0.2) is 51.8 Å². The summed E-state index contributed by atoms with van der Waals surface area (Å²) in [6.07, 6.45) is 4.62. The van der Waals surface area contributed by atoms with Crippen LogP contribution in [0.4, 0.5) is 0 Å². The minimum Gasteiger partial charge on any atom is -0.507 e. The number of aromatic hydroxyl groups is 1. The molecule has 2 atom stereocenters. The van der Waals surface area contributed by atoms with Crippen molar-refractivity contribution in [3.05, 3.63) is 28.8 Å². The number of carbonyl (C=O) groups is 2. The first-order valence-electron chi connectivity index (χ1n) is 15.1. The van der Waals surface area contributed by atoms with Crippen molar-refractivity contribution in [1.82, 2.24) is 4.90 Å². The number of carboxylic acids is 1. The van der Waals surface area contributed by atoms with Gasteiger partial charge in [-0.2, -0.15) is 0 Å². The molecule has 6 heteroatoms. The highest BCUT2D eigenvalue weighted by Gasteiger charge is 2.45. The van der Waals surface area contributed by atoms with Gasteiger partial charge < -0.3 is 14.9 Å². The molecule has 40 heavy (non-hydrogen) atoms. The molecular weight excluding hydrogens is 502 g/mol. The Hall–Kier alpha value is -2.08. The Morgan fingerprint density at radius 3 is 1.90 bits per heavy atom. The van der Waals surface area contributed by atoms with Gasteiger partial charge in [-0.25, -0.2) is 0 Å². The summed E-state index contributed by atoms with van der Waals surface area (Å²) in [6.45, 7) is 24.1. The molecule has 1 fully saturated rings. The van der Waals surface area contributed by atoms with Crippen LogP contribution in [0, 0.1) is 17.8 Å². The maximum atomic E-state index is 12.2. The van der Waals surface area contributed by atoms with E-state index in [0.717, 1.165) is 43.2 Å². The number of aliphatic carboxylic acids is 1. The van der Waals surface area contributed by atoms with Crippen LogP contribution in [0.1, 0.15) is 125 Å². The predicted octanol–water partition coefficient (Wildman–Crippen LogP) is 7.48. The number of phenols is 1. The summed E-state index contributed by atoms with van der Waals surface area (Å²) in [7, 11) is 2.23. The minimum atomic E-state index is -0.984. The fourth-order valence-corrected chi connectivity index (χ4v) is 6.47. The Kier molecular flexibility index (Phi) is 10.6. The molecule has 0 spiro atoms. The highest BCUT2D eigenvalue weighted by Crippen LogP contribution is 2.46. The molecule has 0 radical (unpaired) electrons. The monoisotopic (exact) mass is 559 g/mol. The summed E-state index contributed by atoms with van der Waals surface area (Å²) in [5, 5.41) is 20.4. The number of esters is 1. The van der Waals surface area contributed by atoms with Crippen LogP contribution in [0.2, 0.25) is 0 Å². The zero-order valence-electron chi connectivity index (χ0n) is 27.4. The second-order valence-corrected chi connectivity index (χ2v) is 15.7. The second-order valence-electron chi connectivity index (χ2n) is 15.7. The van der Waals surface area contributed by atoms with E-state index in [0.29, 0.717) is 24.2 Å². The summed E-state index contributed by atoms with van der Waals surface area (Å²) in [5.74, 6) is -0.890. The first-order chi connectivity index (χ1) is 18.1. The van der Waals surface area contributed by atoms with Crippen molar-refractivity contribution < 1.29 is 24.5 Å². The standard InChI is InChI=1S/C34H57NO5/c1-22(30(38)39)16-28(36)40-15-13-14-24(25-20-33(8,9)35(12)34(10,11)21-25)17-23-18-26(31(2,3)4)29(37)27(19-23)32(5,6)7/h18-19,22,24-25,37H,13-17,20-21H2,1-12H3,(H,38,39). The number of piperidine rings is 1. The number of phenolic OH excluding ortho intramolecular Hbond substituents is 1. The predicted molar refractivity (Wildman–Crippen MR) is 163 cm³/mol. The van der Waals surface area contributed by atoms with E-state index in [1.165, 1.54) is 12.5 Å². The number of carboxylic acid groups (broad SMARTS) is 1. The van der Waals surface area contributed by atoms with Gasteiger partial charge in [0.05, 0.1) is 18.9 Å². The molecule has 1 aromatic rings. The molecule has 0 amide bonds. The molecule has 2 rings (SSSR count). The maximum absolute atomic E-state index is 12.2. The van der Waals surface area contributed by atoms with E-state index in [1.54, 1.807) is 0 Å². The number of rotatable bonds is 10. The summed E-state index contributed by atoms with van der Waals surface area (Å²) in [6, 6.07) is 4.41. The van der Waals surface area contributed by atoms with Crippen molar-refractivity contribution in [2.24, 2.45) is 17.8 Å². The molecule has 1 aliphatic heterocycles. The highest BCUT2D eigenvalue weighted by molar-refractivity contribution is 5.78. The van der Waals surface area contributed by atoms with Crippen molar-refractivity contribution in [2.45, 2.75) is 137 Å².